The Bertz CT molecular complexity index is 382. The topological polar surface area (TPSA) is 18.5 Å². The van der Waals surface area contributed by atoms with Gasteiger partial charge in [-0.15, -0.1) is 0 Å². The zero-order valence-corrected chi connectivity index (χ0v) is 12.0. The summed E-state index contributed by atoms with van der Waals surface area (Å²) < 4.78 is 11.9. The van der Waals surface area contributed by atoms with Gasteiger partial charge in [-0.1, -0.05) is 13.0 Å². The van der Waals surface area contributed by atoms with Crippen LogP contribution < -0.4 is 4.74 Å². The Balaban J connectivity index is 2.28. The maximum Gasteiger partial charge on any atom is 0.133 e. The van der Waals surface area contributed by atoms with E-state index in [0.717, 1.165) is 36.3 Å². The van der Waals surface area contributed by atoms with Gasteiger partial charge in [0.1, 0.15) is 5.75 Å². The summed E-state index contributed by atoms with van der Waals surface area (Å²) in [4.78, 5) is 0. The molecule has 3 heteroatoms. The second kappa shape index (κ2) is 5.40. The van der Waals surface area contributed by atoms with Gasteiger partial charge in [0.2, 0.25) is 0 Å². The van der Waals surface area contributed by atoms with E-state index in [0.29, 0.717) is 0 Å². The highest BCUT2D eigenvalue weighted by Crippen LogP contribution is 2.37. The van der Waals surface area contributed by atoms with E-state index in [-0.39, 0.29) is 5.41 Å². The quantitative estimate of drug-likeness (QED) is 0.824. The summed E-state index contributed by atoms with van der Waals surface area (Å²) in [5.41, 5.74) is 1.60. The lowest BCUT2D eigenvalue weighted by atomic mass is 9.76. The van der Waals surface area contributed by atoms with Crippen LogP contribution in [0.15, 0.2) is 22.7 Å². The number of benzene rings is 1. The Morgan fingerprint density at radius 3 is 2.82 bits per heavy atom. The van der Waals surface area contributed by atoms with E-state index in [1.54, 1.807) is 7.11 Å². The first-order valence-electron chi connectivity index (χ1n) is 6.07. The summed E-state index contributed by atoms with van der Waals surface area (Å²) in [6.45, 7) is 4.09. The summed E-state index contributed by atoms with van der Waals surface area (Å²) in [6.07, 6.45) is 3.41. The minimum atomic E-state index is 0.227. The van der Waals surface area contributed by atoms with Crippen LogP contribution in [0.1, 0.15) is 31.7 Å². The first kappa shape index (κ1) is 12.9. The van der Waals surface area contributed by atoms with E-state index in [9.17, 15) is 0 Å². The highest BCUT2D eigenvalue weighted by molar-refractivity contribution is 9.10. The second-order valence-electron chi connectivity index (χ2n) is 4.88. The van der Waals surface area contributed by atoms with E-state index < -0.39 is 0 Å². The van der Waals surface area contributed by atoms with Gasteiger partial charge < -0.3 is 9.47 Å². The van der Waals surface area contributed by atoms with Crippen LogP contribution >= 0.6 is 15.9 Å². The molecular weight excluding hydrogens is 280 g/mol. The Kier molecular flexibility index (Phi) is 4.10. The van der Waals surface area contributed by atoms with E-state index in [4.69, 9.17) is 9.47 Å². The Morgan fingerprint density at radius 1 is 1.29 bits per heavy atom. The zero-order valence-electron chi connectivity index (χ0n) is 10.5. The molecule has 1 aromatic carbocycles. The van der Waals surface area contributed by atoms with Crippen molar-refractivity contribution in [3.05, 3.63) is 28.2 Å². The van der Waals surface area contributed by atoms with Crippen molar-refractivity contribution in [1.29, 1.82) is 0 Å². The van der Waals surface area contributed by atoms with E-state index in [1.165, 1.54) is 12.0 Å². The lowest BCUT2D eigenvalue weighted by Crippen LogP contribution is -2.22. The molecule has 0 N–H and O–H groups in total. The van der Waals surface area contributed by atoms with E-state index >= 15 is 0 Å². The minimum Gasteiger partial charge on any atom is -0.496 e. The summed E-state index contributed by atoms with van der Waals surface area (Å²) in [7, 11) is 1.70. The lowest BCUT2D eigenvalue weighted by molar-refractivity contribution is 0.140. The van der Waals surface area contributed by atoms with Gasteiger partial charge in [0, 0.05) is 13.2 Å². The third kappa shape index (κ3) is 2.83. The van der Waals surface area contributed by atoms with Crippen LogP contribution in [0, 0.1) is 0 Å². The Labute approximate surface area is 111 Å². The fourth-order valence-electron chi connectivity index (χ4n) is 2.42. The average molecular weight is 299 g/mol. The molecule has 1 heterocycles. The molecule has 2 rings (SSSR count). The van der Waals surface area contributed by atoms with Crippen LogP contribution in [0.2, 0.25) is 0 Å². The average Bonchev–Trinajstić information content (AvgIpc) is 2.55. The normalized spacial score (nSPS) is 25.4. The SMILES string of the molecule is COc1ccc(C2(C)CCCOCC2)cc1Br. The molecule has 1 aromatic rings. The molecule has 0 aliphatic carbocycles. The van der Waals surface area contributed by atoms with Gasteiger partial charge in [-0.2, -0.15) is 0 Å². The third-order valence-corrected chi connectivity index (χ3v) is 4.28. The molecule has 0 radical (unpaired) electrons. The van der Waals surface area contributed by atoms with Crippen molar-refractivity contribution in [2.24, 2.45) is 0 Å². The number of hydrogen-bond acceptors (Lipinski definition) is 2. The van der Waals surface area contributed by atoms with Crippen molar-refractivity contribution in [2.75, 3.05) is 20.3 Å². The number of hydrogen-bond donors (Lipinski definition) is 0. The standard InChI is InChI=1S/C14H19BrO2/c1-14(6-3-8-17-9-7-14)11-4-5-13(16-2)12(15)10-11/h4-5,10H,3,6-9H2,1-2H3. The summed E-state index contributed by atoms with van der Waals surface area (Å²) in [6, 6.07) is 6.40. The van der Waals surface area contributed by atoms with Gasteiger partial charge in [0.15, 0.2) is 0 Å². The van der Waals surface area contributed by atoms with Gasteiger partial charge in [0.25, 0.3) is 0 Å². The molecule has 1 fully saturated rings. The Morgan fingerprint density at radius 2 is 2.12 bits per heavy atom. The molecular formula is C14H19BrO2. The van der Waals surface area contributed by atoms with Gasteiger partial charge in [-0.3, -0.25) is 0 Å². The van der Waals surface area contributed by atoms with Crippen molar-refractivity contribution in [1.82, 2.24) is 0 Å². The molecule has 0 spiro atoms. The van der Waals surface area contributed by atoms with Gasteiger partial charge in [0.05, 0.1) is 11.6 Å². The van der Waals surface area contributed by atoms with Crippen molar-refractivity contribution < 1.29 is 9.47 Å². The molecule has 0 saturated carbocycles. The predicted octanol–water partition coefficient (Wildman–Crippen LogP) is 3.92. The molecule has 1 aliphatic rings. The number of halogens is 1. The van der Waals surface area contributed by atoms with Crippen LogP contribution in [-0.2, 0) is 10.2 Å². The van der Waals surface area contributed by atoms with E-state index in [1.807, 2.05) is 6.07 Å². The molecule has 0 bridgehead atoms. The van der Waals surface area contributed by atoms with E-state index in [2.05, 4.69) is 35.0 Å². The molecule has 1 atom stereocenters. The number of rotatable bonds is 2. The molecule has 0 aromatic heterocycles. The van der Waals surface area contributed by atoms with Crippen LogP contribution in [0.3, 0.4) is 0 Å². The molecule has 0 amide bonds. The van der Waals surface area contributed by atoms with Gasteiger partial charge in [-0.05, 0) is 58.3 Å². The molecule has 17 heavy (non-hydrogen) atoms. The van der Waals surface area contributed by atoms with Crippen LogP contribution in [-0.4, -0.2) is 20.3 Å². The summed E-state index contributed by atoms with van der Waals surface area (Å²) >= 11 is 3.56. The van der Waals surface area contributed by atoms with Crippen molar-refractivity contribution >= 4 is 15.9 Å². The molecule has 94 valence electrons. The van der Waals surface area contributed by atoms with Gasteiger partial charge >= 0.3 is 0 Å². The molecule has 1 saturated heterocycles. The van der Waals surface area contributed by atoms with Crippen molar-refractivity contribution in [3.8, 4) is 5.75 Å². The fraction of sp³-hybridized carbons (Fsp3) is 0.571. The molecule has 2 nitrogen and oxygen atoms in total. The highest BCUT2D eigenvalue weighted by Gasteiger charge is 2.28. The highest BCUT2D eigenvalue weighted by atomic mass is 79.9. The lowest BCUT2D eigenvalue weighted by Gasteiger charge is -2.28. The summed E-state index contributed by atoms with van der Waals surface area (Å²) in [5.74, 6) is 0.891. The van der Waals surface area contributed by atoms with Gasteiger partial charge in [-0.25, -0.2) is 0 Å². The number of ether oxygens (including phenoxy) is 2. The molecule has 1 aliphatic heterocycles. The molecule has 1 unspecified atom stereocenters. The maximum absolute atomic E-state index is 5.55. The van der Waals surface area contributed by atoms with Crippen LogP contribution in [0.4, 0.5) is 0 Å². The first-order valence-corrected chi connectivity index (χ1v) is 6.87. The zero-order chi connectivity index (χ0) is 12.3. The third-order valence-electron chi connectivity index (χ3n) is 3.66. The van der Waals surface area contributed by atoms with Crippen LogP contribution in [0.25, 0.3) is 0 Å². The predicted molar refractivity (Wildman–Crippen MR) is 72.7 cm³/mol. The second-order valence-corrected chi connectivity index (χ2v) is 5.73. The number of methoxy groups -OCH3 is 1. The maximum atomic E-state index is 5.55. The monoisotopic (exact) mass is 298 g/mol. The largest absolute Gasteiger partial charge is 0.496 e. The van der Waals surface area contributed by atoms with Crippen molar-refractivity contribution in [3.63, 3.8) is 0 Å². The smallest absolute Gasteiger partial charge is 0.133 e. The van der Waals surface area contributed by atoms with Crippen LogP contribution in [0.5, 0.6) is 5.75 Å². The first-order chi connectivity index (χ1) is 8.15. The minimum absolute atomic E-state index is 0.227. The van der Waals surface area contributed by atoms with Crippen molar-refractivity contribution in [2.45, 2.75) is 31.6 Å². The Hall–Kier alpha value is -0.540. The fourth-order valence-corrected chi connectivity index (χ4v) is 2.96. The summed E-state index contributed by atoms with van der Waals surface area (Å²) in [5, 5.41) is 0.